The van der Waals surface area contributed by atoms with Crippen molar-refractivity contribution in [1.29, 1.82) is 5.26 Å². The fourth-order valence-electron chi connectivity index (χ4n) is 2.70. The Balaban J connectivity index is 2.51. The van der Waals surface area contributed by atoms with Crippen LogP contribution in [0.25, 0.3) is 0 Å². The van der Waals surface area contributed by atoms with Gasteiger partial charge in [0.2, 0.25) is 0 Å². The summed E-state index contributed by atoms with van der Waals surface area (Å²) in [7, 11) is 6.26. The second-order valence-electron chi connectivity index (χ2n) is 5.95. The average Bonchev–Trinajstić information content (AvgIpc) is 2.38. The van der Waals surface area contributed by atoms with E-state index in [1.807, 2.05) is 14.0 Å². The first-order chi connectivity index (χ1) is 8.41. The van der Waals surface area contributed by atoms with E-state index in [-0.39, 0.29) is 0 Å². The molecule has 4 heteroatoms. The van der Waals surface area contributed by atoms with Gasteiger partial charge in [0.25, 0.3) is 0 Å². The summed E-state index contributed by atoms with van der Waals surface area (Å²) in [6, 6.07) is 3.47. The zero-order chi connectivity index (χ0) is 13.8. The molecule has 2 unspecified atom stereocenters. The molecule has 1 saturated heterocycles. The van der Waals surface area contributed by atoms with Gasteiger partial charge in [-0.3, -0.25) is 0 Å². The highest BCUT2D eigenvalue weighted by Gasteiger charge is 2.29. The van der Waals surface area contributed by atoms with Crippen molar-refractivity contribution in [3.05, 3.63) is 0 Å². The maximum Gasteiger partial charge on any atom is 0.105 e. The van der Waals surface area contributed by atoms with Crippen LogP contribution in [0.15, 0.2) is 0 Å². The molecule has 2 atom stereocenters. The van der Waals surface area contributed by atoms with Gasteiger partial charge in [-0.25, -0.2) is 0 Å². The molecule has 0 spiro atoms. The van der Waals surface area contributed by atoms with Gasteiger partial charge >= 0.3 is 0 Å². The molecule has 0 radical (unpaired) electrons. The summed E-state index contributed by atoms with van der Waals surface area (Å²) in [6.45, 7) is 6.57. The van der Waals surface area contributed by atoms with Crippen LogP contribution >= 0.6 is 0 Å². The fourth-order valence-corrected chi connectivity index (χ4v) is 2.70. The predicted molar refractivity (Wildman–Crippen MR) is 75.4 cm³/mol. The first-order valence-electron chi connectivity index (χ1n) is 6.92. The Kier molecular flexibility index (Phi) is 5.58. The summed E-state index contributed by atoms with van der Waals surface area (Å²) in [5.41, 5.74) is -0.418. The van der Waals surface area contributed by atoms with Crippen LogP contribution in [0.3, 0.4) is 0 Å². The number of nitriles is 1. The van der Waals surface area contributed by atoms with Crippen LogP contribution in [0.4, 0.5) is 0 Å². The molecule has 18 heavy (non-hydrogen) atoms. The van der Waals surface area contributed by atoms with Gasteiger partial charge in [0, 0.05) is 12.1 Å². The third-order valence-corrected chi connectivity index (χ3v) is 4.46. The lowest BCUT2D eigenvalue weighted by Crippen LogP contribution is -2.49. The Morgan fingerprint density at radius 2 is 2.06 bits per heavy atom. The number of rotatable bonds is 5. The number of hydrogen-bond donors (Lipinski definition) is 1. The monoisotopic (exact) mass is 252 g/mol. The molecule has 0 bridgehead atoms. The van der Waals surface area contributed by atoms with E-state index < -0.39 is 5.54 Å². The molecule has 1 aliphatic rings. The Labute approximate surface area is 112 Å². The van der Waals surface area contributed by atoms with Crippen LogP contribution < -0.4 is 5.32 Å². The summed E-state index contributed by atoms with van der Waals surface area (Å²) in [4.78, 5) is 4.85. The third kappa shape index (κ3) is 3.94. The molecular formula is C14H28N4. The fraction of sp³-hybridized carbons (Fsp3) is 0.929. The van der Waals surface area contributed by atoms with E-state index in [2.05, 4.69) is 42.2 Å². The Morgan fingerprint density at radius 1 is 1.50 bits per heavy atom. The van der Waals surface area contributed by atoms with Crippen molar-refractivity contribution in [3.8, 4) is 6.07 Å². The molecule has 0 aromatic carbocycles. The molecule has 0 aliphatic carbocycles. The van der Waals surface area contributed by atoms with Crippen LogP contribution in [0.1, 0.15) is 33.1 Å². The lowest BCUT2D eigenvalue weighted by atomic mass is 9.93. The summed E-state index contributed by atoms with van der Waals surface area (Å²) >= 11 is 0. The minimum absolute atomic E-state index is 0.418. The van der Waals surface area contributed by atoms with E-state index in [0.717, 1.165) is 6.42 Å². The second kappa shape index (κ2) is 6.51. The largest absolute Gasteiger partial charge is 0.306 e. The van der Waals surface area contributed by atoms with Crippen molar-refractivity contribution in [2.75, 3.05) is 34.2 Å². The standard InChI is InChI=1S/C14H28N4/c1-12(10-14(2,11-15)16-3)18(5)13-6-8-17(4)9-7-13/h12-13,16H,6-10H2,1-5H3. The number of hydrogen-bond acceptors (Lipinski definition) is 4. The van der Waals surface area contributed by atoms with E-state index in [1.165, 1.54) is 25.9 Å². The minimum Gasteiger partial charge on any atom is -0.306 e. The van der Waals surface area contributed by atoms with Crippen molar-refractivity contribution in [2.45, 2.75) is 50.7 Å². The number of likely N-dealkylation sites (tertiary alicyclic amines) is 1. The second-order valence-corrected chi connectivity index (χ2v) is 5.95. The molecule has 0 amide bonds. The highest BCUT2D eigenvalue weighted by Crippen LogP contribution is 2.21. The quantitative estimate of drug-likeness (QED) is 0.801. The highest BCUT2D eigenvalue weighted by atomic mass is 15.2. The van der Waals surface area contributed by atoms with Gasteiger partial charge in [-0.2, -0.15) is 5.26 Å². The Bertz CT molecular complexity index is 291. The van der Waals surface area contributed by atoms with Crippen LogP contribution in [-0.2, 0) is 0 Å². The zero-order valence-corrected chi connectivity index (χ0v) is 12.5. The Hall–Kier alpha value is -0.630. The number of nitrogens with one attached hydrogen (secondary N) is 1. The summed E-state index contributed by atoms with van der Waals surface area (Å²) in [6.07, 6.45) is 3.34. The molecule has 0 saturated carbocycles. The number of piperidine rings is 1. The van der Waals surface area contributed by atoms with Crippen molar-refractivity contribution in [1.82, 2.24) is 15.1 Å². The van der Waals surface area contributed by atoms with Gasteiger partial charge < -0.3 is 15.1 Å². The zero-order valence-electron chi connectivity index (χ0n) is 12.5. The SMILES string of the molecule is CNC(C)(C#N)CC(C)N(C)C1CCN(C)CC1. The first kappa shape index (κ1) is 15.4. The van der Waals surface area contributed by atoms with Crippen LogP contribution in [0, 0.1) is 11.3 Å². The number of nitrogens with zero attached hydrogens (tertiary/aromatic N) is 3. The van der Waals surface area contributed by atoms with Gasteiger partial charge in [0.1, 0.15) is 5.54 Å². The van der Waals surface area contributed by atoms with Gasteiger partial charge in [-0.1, -0.05) is 0 Å². The molecular weight excluding hydrogens is 224 g/mol. The van der Waals surface area contributed by atoms with E-state index in [4.69, 9.17) is 0 Å². The topological polar surface area (TPSA) is 42.3 Å². The normalized spacial score (nSPS) is 23.6. The van der Waals surface area contributed by atoms with Crippen molar-refractivity contribution in [2.24, 2.45) is 0 Å². The van der Waals surface area contributed by atoms with Gasteiger partial charge in [-0.15, -0.1) is 0 Å². The molecule has 0 aromatic heterocycles. The van der Waals surface area contributed by atoms with Crippen LogP contribution in [0.2, 0.25) is 0 Å². The first-order valence-corrected chi connectivity index (χ1v) is 6.92. The summed E-state index contributed by atoms with van der Waals surface area (Å²) in [5.74, 6) is 0. The maximum absolute atomic E-state index is 9.22. The van der Waals surface area contributed by atoms with Crippen molar-refractivity contribution < 1.29 is 0 Å². The van der Waals surface area contributed by atoms with Gasteiger partial charge in [-0.05, 0) is 67.3 Å². The molecule has 1 aliphatic heterocycles. The predicted octanol–water partition coefficient (Wildman–Crippen LogP) is 1.29. The van der Waals surface area contributed by atoms with E-state index in [9.17, 15) is 5.26 Å². The molecule has 1 heterocycles. The van der Waals surface area contributed by atoms with Crippen molar-refractivity contribution >= 4 is 0 Å². The average molecular weight is 252 g/mol. The molecule has 1 N–H and O–H groups in total. The van der Waals surface area contributed by atoms with Gasteiger partial charge in [0.15, 0.2) is 0 Å². The van der Waals surface area contributed by atoms with Crippen molar-refractivity contribution in [3.63, 3.8) is 0 Å². The molecule has 104 valence electrons. The minimum atomic E-state index is -0.418. The van der Waals surface area contributed by atoms with Crippen LogP contribution in [-0.4, -0.2) is 61.7 Å². The maximum atomic E-state index is 9.22. The molecule has 0 aromatic rings. The highest BCUT2D eigenvalue weighted by molar-refractivity contribution is 5.04. The van der Waals surface area contributed by atoms with E-state index in [0.29, 0.717) is 12.1 Å². The lowest BCUT2D eigenvalue weighted by Gasteiger charge is -2.40. The lowest BCUT2D eigenvalue weighted by molar-refractivity contribution is 0.101. The Morgan fingerprint density at radius 3 is 2.50 bits per heavy atom. The van der Waals surface area contributed by atoms with E-state index >= 15 is 0 Å². The summed E-state index contributed by atoms with van der Waals surface area (Å²) in [5, 5.41) is 12.4. The van der Waals surface area contributed by atoms with E-state index in [1.54, 1.807) is 0 Å². The summed E-state index contributed by atoms with van der Waals surface area (Å²) < 4.78 is 0. The third-order valence-electron chi connectivity index (χ3n) is 4.46. The van der Waals surface area contributed by atoms with Gasteiger partial charge in [0.05, 0.1) is 6.07 Å². The molecule has 1 rings (SSSR count). The smallest absolute Gasteiger partial charge is 0.105 e. The van der Waals surface area contributed by atoms with Crippen LogP contribution in [0.5, 0.6) is 0 Å². The molecule has 4 nitrogen and oxygen atoms in total. The molecule has 1 fully saturated rings.